The summed E-state index contributed by atoms with van der Waals surface area (Å²) in [6, 6.07) is 10.6. The van der Waals surface area contributed by atoms with Gasteiger partial charge < -0.3 is 19.5 Å². The largest absolute Gasteiger partial charge is 0.454 e. The second-order valence-electron chi connectivity index (χ2n) is 5.67. The Morgan fingerprint density at radius 2 is 1.80 bits per heavy atom. The van der Waals surface area contributed by atoms with Gasteiger partial charge in [-0.15, -0.1) is 0 Å². The summed E-state index contributed by atoms with van der Waals surface area (Å²) in [7, 11) is 0. The van der Waals surface area contributed by atoms with Gasteiger partial charge in [-0.2, -0.15) is 0 Å². The first-order chi connectivity index (χ1) is 11.9. The topological polar surface area (TPSA) is 86.8 Å². The van der Waals surface area contributed by atoms with Gasteiger partial charge in [0.1, 0.15) is 5.75 Å². The van der Waals surface area contributed by atoms with Crippen molar-refractivity contribution in [2.24, 2.45) is 0 Å². The summed E-state index contributed by atoms with van der Waals surface area (Å²) in [6.07, 6.45) is 4.46. The van der Waals surface area contributed by atoms with Crippen LogP contribution in [-0.2, 0) is 19.1 Å². The molecule has 0 aliphatic carbocycles. The van der Waals surface area contributed by atoms with Gasteiger partial charge in [0, 0.05) is 26.2 Å². The van der Waals surface area contributed by atoms with Crippen molar-refractivity contribution in [3.05, 3.63) is 60.6 Å². The van der Waals surface area contributed by atoms with Gasteiger partial charge in [-0.3, -0.25) is 4.98 Å². The third-order valence-corrected chi connectivity index (χ3v) is 3.24. The fourth-order valence-corrected chi connectivity index (χ4v) is 2.14. The molecule has 2 heterocycles. The standard InChI is InChI=1S/C18H16N2O5/c1-18(2)24-16(21)13(17(22)25-18)11-20-14-7-3-4-8-15(14)23-12-6-5-9-19-10-12/h3-11,20H,1-2H3. The summed E-state index contributed by atoms with van der Waals surface area (Å²) in [5.41, 5.74) is 0.333. The van der Waals surface area contributed by atoms with E-state index in [9.17, 15) is 9.59 Å². The van der Waals surface area contributed by atoms with E-state index in [1.165, 1.54) is 20.0 Å². The fraction of sp³-hybridized carbons (Fsp3) is 0.167. The number of benzene rings is 1. The monoisotopic (exact) mass is 340 g/mol. The van der Waals surface area contributed by atoms with Crippen molar-refractivity contribution in [1.29, 1.82) is 0 Å². The van der Waals surface area contributed by atoms with Crippen LogP contribution in [0.4, 0.5) is 5.69 Å². The Kier molecular flexibility index (Phi) is 4.38. The second-order valence-corrected chi connectivity index (χ2v) is 5.67. The Hall–Kier alpha value is -3.35. The number of para-hydroxylation sites is 2. The predicted molar refractivity (Wildman–Crippen MR) is 88.7 cm³/mol. The van der Waals surface area contributed by atoms with Crippen molar-refractivity contribution >= 4 is 17.6 Å². The van der Waals surface area contributed by atoms with Crippen LogP contribution in [-0.4, -0.2) is 22.7 Å². The molecule has 2 aromatic rings. The van der Waals surface area contributed by atoms with Crippen LogP contribution in [0.15, 0.2) is 60.6 Å². The molecule has 0 saturated carbocycles. The zero-order valence-electron chi connectivity index (χ0n) is 13.7. The Bertz CT molecular complexity index is 808. The molecule has 0 spiro atoms. The molecule has 25 heavy (non-hydrogen) atoms. The van der Waals surface area contributed by atoms with Gasteiger partial charge in [0.05, 0.1) is 11.9 Å². The number of hydrogen-bond donors (Lipinski definition) is 1. The van der Waals surface area contributed by atoms with Crippen molar-refractivity contribution in [3.63, 3.8) is 0 Å². The number of cyclic esters (lactones) is 2. The van der Waals surface area contributed by atoms with Gasteiger partial charge in [0.2, 0.25) is 0 Å². The van der Waals surface area contributed by atoms with Crippen LogP contribution in [0.2, 0.25) is 0 Å². The lowest BCUT2D eigenvalue weighted by atomic mass is 10.2. The molecule has 128 valence electrons. The summed E-state index contributed by atoms with van der Waals surface area (Å²) in [4.78, 5) is 27.9. The van der Waals surface area contributed by atoms with Gasteiger partial charge in [-0.1, -0.05) is 12.1 Å². The molecule has 1 fully saturated rings. The first-order valence-corrected chi connectivity index (χ1v) is 7.55. The van der Waals surface area contributed by atoms with Gasteiger partial charge in [-0.25, -0.2) is 9.59 Å². The molecular formula is C18H16N2O5. The minimum Gasteiger partial charge on any atom is -0.454 e. The first-order valence-electron chi connectivity index (χ1n) is 7.55. The molecule has 1 aliphatic rings. The second kappa shape index (κ2) is 6.64. The van der Waals surface area contributed by atoms with E-state index in [0.717, 1.165) is 0 Å². The van der Waals surface area contributed by atoms with E-state index in [1.54, 1.807) is 48.8 Å². The van der Waals surface area contributed by atoms with E-state index < -0.39 is 17.7 Å². The Morgan fingerprint density at radius 1 is 1.08 bits per heavy atom. The SMILES string of the molecule is CC1(C)OC(=O)C(=CNc2ccccc2Oc2cccnc2)C(=O)O1. The Balaban J connectivity index is 1.80. The molecule has 1 aromatic heterocycles. The lowest BCUT2D eigenvalue weighted by Gasteiger charge is -2.29. The average molecular weight is 340 g/mol. The molecule has 0 amide bonds. The number of hydrogen-bond acceptors (Lipinski definition) is 7. The molecule has 0 radical (unpaired) electrons. The molecule has 7 heteroatoms. The lowest BCUT2D eigenvalue weighted by Crippen LogP contribution is -2.42. The third kappa shape index (κ3) is 3.95. The van der Waals surface area contributed by atoms with Crippen molar-refractivity contribution in [3.8, 4) is 11.5 Å². The molecule has 0 bridgehead atoms. The number of nitrogens with zero attached hydrogens (tertiary/aromatic N) is 1. The quantitative estimate of drug-likeness (QED) is 0.520. The number of esters is 2. The lowest BCUT2D eigenvalue weighted by molar-refractivity contribution is -0.222. The van der Waals surface area contributed by atoms with Crippen LogP contribution in [0, 0.1) is 0 Å². The van der Waals surface area contributed by atoms with Crippen LogP contribution in [0.1, 0.15) is 13.8 Å². The highest BCUT2D eigenvalue weighted by molar-refractivity contribution is 6.15. The Morgan fingerprint density at radius 3 is 2.48 bits per heavy atom. The maximum atomic E-state index is 11.9. The van der Waals surface area contributed by atoms with E-state index in [2.05, 4.69) is 10.3 Å². The summed E-state index contributed by atoms with van der Waals surface area (Å²) < 4.78 is 15.8. The molecule has 1 saturated heterocycles. The van der Waals surface area contributed by atoms with Crippen molar-refractivity contribution < 1.29 is 23.8 Å². The van der Waals surface area contributed by atoms with Crippen LogP contribution in [0.5, 0.6) is 11.5 Å². The van der Waals surface area contributed by atoms with Gasteiger partial charge in [0.25, 0.3) is 5.79 Å². The first kappa shape index (κ1) is 16.5. The highest BCUT2D eigenvalue weighted by Gasteiger charge is 2.38. The number of carbonyl (C=O) groups is 2. The van der Waals surface area contributed by atoms with Gasteiger partial charge in [-0.05, 0) is 24.3 Å². The zero-order valence-corrected chi connectivity index (χ0v) is 13.7. The number of rotatable bonds is 4. The van der Waals surface area contributed by atoms with Crippen molar-refractivity contribution in [2.45, 2.75) is 19.6 Å². The van der Waals surface area contributed by atoms with E-state index in [-0.39, 0.29) is 5.57 Å². The van der Waals surface area contributed by atoms with Crippen LogP contribution in [0.25, 0.3) is 0 Å². The average Bonchev–Trinajstić information content (AvgIpc) is 2.55. The maximum absolute atomic E-state index is 11.9. The smallest absolute Gasteiger partial charge is 0.350 e. The number of nitrogens with one attached hydrogen (secondary N) is 1. The normalized spacial score (nSPS) is 15.8. The van der Waals surface area contributed by atoms with E-state index >= 15 is 0 Å². The van der Waals surface area contributed by atoms with Crippen LogP contribution < -0.4 is 10.1 Å². The molecule has 1 aliphatic heterocycles. The molecule has 1 N–H and O–H groups in total. The fourth-order valence-electron chi connectivity index (χ4n) is 2.14. The Labute approximate surface area is 144 Å². The van der Waals surface area contributed by atoms with Crippen LogP contribution in [0.3, 0.4) is 0 Å². The number of carbonyl (C=O) groups excluding carboxylic acids is 2. The zero-order chi connectivity index (χ0) is 17.9. The highest BCUT2D eigenvalue weighted by atomic mass is 16.7. The summed E-state index contributed by atoms with van der Waals surface area (Å²) in [5.74, 6) is -1.71. The van der Waals surface area contributed by atoms with Crippen molar-refractivity contribution in [1.82, 2.24) is 4.98 Å². The van der Waals surface area contributed by atoms with E-state index in [1.807, 2.05) is 0 Å². The molecular weight excluding hydrogens is 324 g/mol. The minimum atomic E-state index is -1.27. The summed E-state index contributed by atoms with van der Waals surface area (Å²) in [6.45, 7) is 2.98. The van der Waals surface area contributed by atoms with Gasteiger partial charge in [0.15, 0.2) is 11.3 Å². The number of ether oxygens (including phenoxy) is 3. The summed E-state index contributed by atoms with van der Waals surface area (Å²) in [5, 5.41) is 2.88. The van der Waals surface area contributed by atoms with E-state index in [4.69, 9.17) is 14.2 Å². The van der Waals surface area contributed by atoms with Gasteiger partial charge >= 0.3 is 11.9 Å². The third-order valence-electron chi connectivity index (χ3n) is 3.24. The number of aromatic nitrogens is 1. The van der Waals surface area contributed by atoms with Crippen LogP contribution >= 0.6 is 0 Å². The maximum Gasteiger partial charge on any atom is 0.350 e. The summed E-state index contributed by atoms with van der Waals surface area (Å²) >= 11 is 0. The molecule has 0 atom stereocenters. The number of anilines is 1. The number of pyridine rings is 1. The highest BCUT2D eigenvalue weighted by Crippen LogP contribution is 2.29. The predicted octanol–water partition coefficient (Wildman–Crippen LogP) is 3.01. The molecule has 3 rings (SSSR count). The van der Waals surface area contributed by atoms with E-state index in [0.29, 0.717) is 17.2 Å². The minimum absolute atomic E-state index is 0.226. The molecule has 1 aromatic carbocycles. The van der Waals surface area contributed by atoms with Crippen molar-refractivity contribution in [2.75, 3.05) is 5.32 Å². The molecule has 7 nitrogen and oxygen atoms in total. The molecule has 0 unspecified atom stereocenters.